The Labute approximate surface area is 122 Å². The van der Waals surface area contributed by atoms with Gasteiger partial charge < -0.3 is 9.73 Å². The number of amides is 1. The molecular weight excluding hydrogens is 264 g/mol. The van der Waals surface area contributed by atoms with Gasteiger partial charge in [0.15, 0.2) is 5.69 Å². The average molecular weight is 278 g/mol. The van der Waals surface area contributed by atoms with E-state index in [1.807, 2.05) is 60.7 Å². The second kappa shape index (κ2) is 6.05. The first-order valence-electron chi connectivity index (χ1n) is 6.66. The van der Waals surface area contributed by atoms with Gasteiger partial charge >= 0.3 is 0 Å². The van der Waals surface area contributed by atoms with Crippen molar-refractivity contribution in [2.45, 2.75) is 6.54 Å². The van der Waals surface area contributed by atoms with Crippen molar-refractivity contribution < 1.29 is 9.21 Å². The highest BCUT2D eigenvalue weighted by Crippen LogP contribution is 2.17. The topological polar surface area (TPSA) is 55.1 Å². The Bertz CT molecular complexity index is 721. The molecule has 0 unspecified atom stereocenters. The molecule has 1 aromatic heterocycles. The van der Waals surface area contributed by atoms with Gasteiger partial charge in [0.25, 0.3) is 5.91 Å². The summed E-state index contributed by atoms with van der Waals surface area (Å²) in [6.45, 7) is 0.465. The van der Waals surface area contributed by atoms with Crippen LogP contribution in [0.2, 0.25) is 0 Å². The standard InChI is InChI=1S/C17H14N2O2/c20-16(18-11-13-7-3-1-4-8-13)15-12-21-17(19-15)14-9-5-2-6-10-14/h1-10,12H,11H2,(H,18,20). The zero-order valence-electron chi connectivity index (χ0n) is 11.3. The predicted molar refractivity (Wildman–Crippen MR) is 79.6 cm³/mol. The molecule has 21 heavy (non-hydrogen) atoms. The molecule has 0 aliphatic heterocycles. The maximum atomic E-state index is 12.0. The summed E-state index contributed by atoms with van der Waals surface area (Å²) in [5.74, 6) is 0.199. The van der Waals surface area contributed by atoms with E-state index in [4.69, 9.17) is 4.42 Å². The van der Waals surface area contributed by atoms with Crippen LogP contribution in [0.4, 0.5) is 0 Å². The largest absolute Gasteiger partial charge is 0.444 e. The van der Waals surface area contributed by atoms with Crippen molar-refractivity contribution in [3.05, 3.63) is 78.2 Å². The molecule has 0 saturated carbocycles. The Kier molecular flexibility index (Phi) is 3.78. The van der Waals surface area contributed by atoms with Crippen LogP contribution in [-0.2, 0) is 6.54 Å². The molecule has 3 rings (SSSR count). The lowest BCUT2D eigenvalue weighted by molar-refractivity contribution is 0.0946. The third kappa shape index (κ3) is 3.17. The average Bonchev–Trinajstić information content (AvgIpc) is 3.04. The van der Waals surface area contributed by atoms with E-state index in [1.54, 1.807) is 0 Å². The Hall–Kier alpha value is -2.88. The molecule has 0 fully saturated rings. The highest BCUT2D eigenvalue weighted by molar-refractivity contribution is 5.92. The van der Waals surface area contributed by atoms with Crippen LogP contribution in [-0.4, -0.2) is 10.9 Å². The fourth-order valence-corrected chi connectivity index (χ4v) is 1.96. The predicted octanol–water partition coefficient (Wildman–Crippen LogP) is 3.27. The van der Waals surface area contributed by atoms with Gasteiger partial charge in [-0.05, 0) is 17.7 Å². The molecule has 3 aromatic rings. The molecule has 0 atom stereocenters. The summed E-state index contributed by atoms with van der Waals surface area (Å²) in [6, 6.07) is 19.2. The van der Waals surface area contributed by atoms with Crippen molar-refractivity contribution in [3.63, 3.8) is 0 Å². The van der Waals surface area contributed by atoms with Crippen LogP contribution in [0.25, 0.3) is 11.5 Å². The molecule has 1 heterocycles. The molecule has 1 amide bonds. The Morgan fingerprint density at radius 3 is 2.38 bits per heavy atom. The van der Waals surface area contributed by atoms with Gasteiger partial charge in [-0.2, -0.15) is 0 Å². The minimum absolute atomic E-state index is 0.246. The molecule has 0 aliphatic rings. The number of rotatable bonds is 4. The van der Waals surface area contributed by atoms with E-state index in [0.717, 1.165) is 11.1 Å². The van der Waals surface area contributed by atoms with E-state index in [2.05, 4.69) is 10.3 Å². The first-order chi connectivity index (χ1) is 10.3. The molecule has 2 aromatic carbocycles. The van der Waals surface area contributed by atoms with Crippen molar-refractivity contribution in [3.8, 4) is 11.5 Å². The number of benzene rings is 2. The van der Waals surface area contributed by atoms with Gasteiger partial charge in [0.2, 0.25) is 5.89 Å². The lowest BCUT2D eigenvalue weighted by Crippen LogP contribution is -2.23. The van der Waals surface area contributed by atoms with Crippen molar-refractivity contribution >= 4 is 5.91 Å². The van der Waals surface area contributed by atoms with Crippen LogP contribution in [0, 0.1) is 0 Å². The van der Waals surface area contributed by atoms with Gasteiger partial charge in [0, 0.05) is 12.1 Å². The van der Waals surface area contributed by atoms with E-state index in [-0.39, 0.29) is 11.6 Å². The summed E-state index contributed by atoms with van der Waals surface area (Å²) in [7, 11) is 0. The third-order valence-electron chi connectivity index (χ3n) is 3.05. The van der Waals surface area contributed by atoms with E-state index >= 15 is 0 Å². The number of oxazole rings is 1. The van der Waals surface area contributed by atoms with Gasteiger partial charge in [-0.25, -0.2) is 4.98 Å². The smallest absolute Gasteiger partial charge is 0.273 e. The maximum absolute atomic E-state index is 12.0. The maximum Gasteiger partial charge on any atom is 0.273 e. The SMILES string of the molecule is O=C(NCc1ccccc1)c1coc(-c2ccccc2)n1. The fraction of sp³-hybridized carbons (Fsp3) is 0.0588. The van der Waals surface area contributed by atoms with Crippen LogP contribution in [0.1, 0.15) is 16.1 Å². The van der Waals surface area contributed by atoms with Crippen molar-refractivity contribution in [2.75, 3.05) is 0 Å². The molecule has 4 heteroatoms. The van der Waals surface area contributed by atoms with Crippen LogP contribution in [0.5, 0.6) is 0 Å². The van der Waals surface area contributed by atoms with Crippen LogP contribution < -0.4 is 5.32 Å². The zero-order valence-corrected chi connectivity index (χ0v) is 11.3. The van der Waals surface area contributed by atoms with E-state index in [9.17, 15) is 4.79 Å². The van der Waals surface area contributed by atoms with E-state index in [1.165, 1.54) is 6.26 Å². The van der Waals surface area contributed by atoms with Crippen molar-refractivity contribution in [1.29, 1.82) is 0 Å². The molecule has 0 spiro atoms. The van der Waals surface area contributed by atoms with Crippen molar-refractivity contribution in [2.24, 2.45) is 0 Å². The highest BCUT2D eigenvalue weighted by atomic mass is 16.3. The molecule has 0 radical (unpaired) electrons. The molecular formula is C17H14N2O2. The summed E-state index contributed by atoms with van der Waals surface area (Å²) in [6.07, 6.45) is 1.38. The van der Waals surface area contributed by atoms with Gasteiger partial charge in [-0.3, -0.25) is 4.79 Å². The minimum Gasteiger partial charge on any atom is -0.444 e. The number of nitrogens with one attached hydrogen (secondary N) is 1. The number of carbonyl (C=O) groups is 1. The fourth-order valence-electron chi connectivity index (χ4n) is 1.96. The Balaban J connectivity index is 1.67. The van der Waals surface area contributed by atoms with Crippen LogP contribution in [0.3, 0.4) is 0 Å². The molecule has 104 valence electrons. The summed E-state index contributed by atoms with van der Waals surface area (Å²) in [4.78, 5) is 16.2. The first-order valence-corrected chi connectivity index (χ1v) is 6.66. The second-order valence-electron chi connectivity index (χ2n) is 4.57. The van der Waals surface area contributed by atoms with Gasteiger partial charge in [0.05, 0.1) is 0 Å². The number of hydrogen-bond donors (Lipinski definition) is 1. The van der Waals surface area contributed by atoms with Crippen LogP contribution in [0.15, 0.2) is 71.3 Å². The second-order valence-corrected chi connectivity index (χ2v) is 4.57. The monoisotopic (exact) mass is 278 g/mol. The molecule has 0 saturated heterocycles. The molecule has 1 N–H and O–H groups in total. The summed E-state index contributed by atoms with van der Waals surface area (Å²) in [5, 5.41) is 2.82. The van der Waals surface area contributed by atoms with Crippen LogP contribution >= 0.6 is 0 Å². The molecule has 0 bridgehead atoms. The molecule has 0 aliphatic carbocycles. The summed E-state index contributed by atoms with van der Waals surface area (Å²) < 4.78 is 5.35. The van der Waals surface area contributed by atoms with Crippen molar-refractivity contribution in [1.82, 2.24) is 10.3 Å². The number of aromatic nitrogens is 1. The normalized spacial score (nSPS) is 10.3. The summed E-state index contributed by atoms with van der Waals surface area (Å²) in [5.41, 5.74) is 2.17. The van der Waals surface area contributed by atoms with E-state index in [0.29, 0.717) is 12.4 Å². The van der Waals surface area contributed by atoms with Gasteiger partial charge in [-0.15, -0.1) is 0 Å². The van der Waals surface area contributed by atoms with Gasteiger partial charge in [-0.1, -0.05) is 48.5 Å². The zero-order chi connectivity index (χ0) is 14.5. The Morgan fingerprint density at radius 2 is 1.67 bits per heavy atom. The summed E-state index contributed by atoms with van der Waals surface area (Å²) >= 11 is 0. The number of hydrogen-bond acceptors (Lipinski definition) is 3. The number of carbonyl (C=O) groups excluding carboxylic acids is 1. The van der Waals surface area contributed by atoms with E-state index < -0.39 is 0 Å². The van der Waals surface area contributed by atoms with Gasteiger partial charge in [0.1, 0.15) is 6.26 Å². The molecule has 4 nitrogen and oxygen atoms in total. The number of nitrogens with zero attached hydrogens (tertiary/aromatic N) is 1. The quantitative estimate of drug-likeness (QED) is 0.797. The third-order valence-corrected chi connectivity index (χ3v) is 3.05. The minimum atomic E-state index is -0.246. The lowest BCUT2D eigenvalue weighted by Gasteiger charge is -2.02. The highest BCUT2D eigenvalue weighted by Gasteiger charge is 2.12. The lowest BCUT2D eigenvalue weighted by atomic mass is 10.2. The Morgan fingerprint density at radius 1 is 1.00 bits per heavy atom. The first kappa shape index (κ1) is 13.1.